The van der Waals surface area contributed by atoms with Crippen LogP contribution >= 0.6 is 0 Å². The van der Waals surface area contributed by atoms with Crippen molar-refractivity contribution in [3.05, 3.63) is 0 Å². The molecule has 1 unspecified atom stereocenters. The minimum atomic E-state index is -0.546. The third-order valence-electron chi connectivity index (χ3n) is 2.48. The smallest absolute Gasteiger partial charge is 0.345 e. The molecule has 0 aromatic carbocycles. The molecule has 0 heterocycles. The fourth-order valence-electron chi connectivity index (χ4n) is 1.19. The molecule has 0 aliphatic heterocycles. The lowest BCUT2D eigenvalue weighted by atomic mass is 9.97. The van der Waals surface area contributed by atoms with Crippen molar-refractivity contribution in [2.24, 2.45) is 5.92 Å². The Morgan fingerprint density at radius 1 is 1.22 bits per heavy atom. The van der Waals surface area contributed by atoms with Gasteiger partial charge in [-0.2, -0.15) is 4.89 Å². The van der Waals surface area contributed by atoms with Gasteiger partial charge in [0.15, 0.2) is 0 Å². The second kappa shape index (κ2) is 8.45. The first-order valence-corrected chi connectivity index (χ1v) is 6.46. The first kappa shape index (κ1) is 17.4. The molecule has 0 aromatic rings. The average molecular weight is 262 g/mol. The van der Waals surface area contributed by atoms with E-state index >= 15 is 0 Å². The zero-order valence-electron chi connectivity index (χ0n) is 12.1. The third-order valence-corrected chi connectivity index (χ3v) is 2.48. The monoisotopic (exact) mass is 262 g/mol. The average Bonchev–Trinajstić information content (AvgIpc) is 2.23. The topological polar surface area (TPSA) is 65.0 Å². The van der Waals surface area contributed by atoms with Gasteiger partial charge in [-0.3, -0.25) is 4.89 Å². The highest BCUT2D eigenvalue weighted by Crippen LogP contribution is 2.20. The van der Waals surface area contributed by atoms with Gasteiger partial charge in [0.1, 0.15) is 5.60 Å². The van der Waals surface area contributed by atoms with E-state index in [9.17, 15) is 4.79 Å². The van der Waals surface area contributed by atoms with E-state index < -0.39 is 17.7 Å². The summed E-state index contributed by atoms with van der Waals surface area (Å²) in [6, 6.07) is 0. The Morgan fingerprint density at radius 3 is 2.33 bits per heavy atom. The van der Waals surface area contributed by atoms with Gasteiger partial charge in [0.05, 0.1) is 12.5 Å². The summed E-state index contributed by atoms with van der Waals surface area (Å²) in [5.74, 6) is 0.0389. The van der Waals surface area contributed by atoms with Crippen molar-refractivity contribution in [1.82, 2.24) is 0 Å². The van der Waals surface area contributed by atoms with E-state index in [1.807, 2.05) is 13.8 Å². The number of aliphatic hydroxyl groups excluding tert-OH is 1. The first-order chi connectivity index (χ1) is 8.23. The molecule has 1 N–H and O–H groups in total. The molecule has 0 saturated heterocycles. The predicted molar refractivity (Wildman–Crippen MR) is 67.3 cm³/mol. The Labute approximate surface area is 109 Å². The number of carbonyl (C=O) groups excluding carboxylic acids is 1. The quantitative estimate of drug-likeness (QED) is 0.511. The van der Waals surface area contributed by atoms with Gasteiger partial charge in [-0.15, -0.1) is 0 Å². The largest absolute Gasteiger partial charge is 0.393 e. The van der Waals surface area contributed by atoms with Crippen LogP contribution in [0, 0.1) is 5.92 Å². The summed E-state index contributed by atoms with van der Waals surface area (Å²) in [6.45, 7) is 9.62. The minimum absolute atomic E-state index is 0.105. The molecule has 5 heteroatoms. The Morgan fingerprint density at radius 2 is 1.83 bits per heavy atom. The Bertz CT molecular complexity index is 236. The van der Waals surface area contributed by atoms with E-state index in [4.69, 9.17) is 9.99 Å². The van der Waals surface area contributed by atoms with Crippen LogP contribution in [0.1, 0.15) is 60.3 Å². The van der Waals surface area contributed by atoms with Gasteiger partial charge in [0.25, 0.3) is 0 Å². The molecule has 1 atom stereocenters. The van der Waals surface area contributed by atoms with E-state index in [1.54, 1.807) is 6.92 Å². The van der Waals surface area contributed by atoms with E-state index in [0.717, 1.165) is 12.8 Å². The van der Waals surface area contributed by atoms with Gasteiger partial charge >= 0.3 is 5.97 Å². The van der Waals surface area contributed by atoms with Crippen LogP contribution in [0.15, 0.2) is 0 Å². The molecule has 0 aliphatic carbocycles. The highest BCUT2D eigenvalue weighted by Gasteiger charge is 2.21. The lowest BCUT2D eigenvalue weighted by Crippen LogP contribution is -2.26. The normalized spacial score (nSPS) is 13.7. The van der Waals surface area contributed by atoms with Crippen LogP contribution in [0.5, 0.6) is 0 Å². The summed E-state index contributed by atoms with van der Waals surface area (Å²) >= 11 is 0. The van der Waals surface area contributed by atoms with Gasteiger partial charge in [-0.05, 0) is 51.0 Å². The highest BCUT2D eigenvalue weighted by atomic mass is 17.5. The molecule has 0 rings (SSSR count). The van der Waals surface area contributed by atoms with Crippen molar-refractivity contribution in [1.29, 1.82) is 0 Å². The fourth-order valence-corrected chi connectivity index (χ4v) is 1.19. The summed E-state index contributed by atoms with van der Waals surface area (Å²) in [7, 11) is 0. The number of rotatable bonds is 9. The summed E-state index contributed by atoms with van der Waals surface area (Å²) in [5, 5.41) is 13.5. The lowest BCUT2D eigenvalue weighted by molar-refractivity contribution is -0.517. The third kappa shape index (κ3) is 10.5. The molecule has 0 amide bonds. The number of aliphatic hydroxyl groups is 1. The van der Waals surface area contributed by atoms with Crippen LogP contribution in [-0.2, 0) is 19.6 Å². The van der Waals surface area contributed by atoms with Crippen LogP contribution in [-0.4, -0.2) is 22.8 Å². The molecule has 5 nitrogen and oxygen atoms in total. The fraction of sp³-hybridized carbons (Fsp3) is 0.923. The molecular weight excluding hydrogens is 236 g/mol. The molecule has 108 valence electrons. The zero-order valence-corrected chi connectivity index (χ0v) is 12.1. The van der Waals surface area contributed by atoms with Crippen molar-refractivity contribution in [2.45, 2.75) is 72.0 Å². The van der Waals surface area contributed by atoms with Crippen molar-refractivity contribution >= 4 is 5.97 Å². The van der Waals surface area contributed by atoms with Crippen LogP contribution in [0.2, 0.25) is 0 Å². The number of hydrogen-bond donors (Lipinski definition) is 1. The molecule has 0 radical (unpaired) electrons. The molecule has 0 aliphatic rings. The first-order valence-electron chi connectivity index (χ1n) is 6.46. The van der Waals surface area contributed by atoms with Crippen LogP contribution in [0.3, 0.4) is 0 Å². The summed E-state index contributed by atoms with van der Waals surface area (Å²) in [5.41, 5.74) is -0.491. The summed E-state index contributed by atoms with van der Waals surface area (Å²) < 4.78 is 0. The maximum Gasteiger partial charge on any atom is 0.345 e. The Hall–Kier alpha value is -0.650. The van der Waals surface area contributed by atoms with Gasteiger partial charge < -0.3 is 5.11 Å². The second-order valence-corrected chi connectivity index (χ2v) is 5.69. The molecule has 0 bridgehead atoms. The molecular formula is C13H26O5. The van der Waals surface area contributed by atoms with E-state index in [0.29, 0.717) is 12.3 Å². The minimum Gasteiger partial charge on any atom is -0.393 e. The summed E-state index contributed by atoms with van der Waals surface area (Å²) in [4.78, 5) is 20.7. The highest BCUT2D eigenvalue weighted by molar-refractivity contribution is 5.68. The second-order valence-electron chi connectivity index (χ2n) is 5.69. The van der Waals surface area contributed by atoms with Crippen molar-refractivity contribution in [3.63, 3.8) is 0 Å². The van der Waals surface area contributed by atoms with Crippen LogP contribution < -0.4 is 0 Å². The van der Waals surface area contributed by atoms with Crippen molar-refractivity contribution in [3.8, 4) is 0 Å². The Kier molecular flexibility index (Phi) is 8.15. The molecule has 0 aromatic heterocycles. The van der Waals surface area contributed by atoms with E-state index in [-0.39, 0.29) is 6.42 Å². The Balaban J connectivity index is 3.71. The van der Waals surface area contributed by atoms with Gasteiger partial charge in [-0.1, -0.05) is 13.8 Å². The van der Waals surface area contributed by atoms with Gasteiger partial charge in [-0.25, -0.2) is 4.79 Å². The van der Waals surface area contributed by atoms with Gasteiger partial charge in [0, 0.05) is 0 Å². The van der Waals surface area contributed by atoms with Crippen LogP contribution in [0.4, 0.5) is 0 Å². The number of hydrogen-bond acceptors (Lipinski definition) is 5. The maximum atomic E-state index is 11.2. The zero-order chi connectivity index (χ0) is 14.2. The molecule has 0 saturated carbocycles. The van der Waals surface area contributed by atoms with E-state index in [2.05, 4.69) is 23.8 Å². The molecule has 0 fully saturated rings. The van der Waals surface area contributed by atoms with E-state index in [1.165, 1.54) is 0 Å². The standard InChI is InChI=1S/C13H26O5/c1-10(2)8-9-13(4,5)17-18-16-12(15)7-6-11(3)14/h10-11,14H,6-9H2,1-5H3. The van der Waals surface area contributed by atoms with Gasteiger partial charge in [0.2, 0.25) is 0 Å². The lowest BCUT2D eigenvalue weighted by Gasteiger charge is -2.22. The van der Waals surface area contributed by atoms with Crippen molar-refractivity contribution in [2.75, 3.05) is 0 Å². The molecule has 18 heavy (non-hydrogen) atoms. The number of carbonyl (C=O) groups is 1. The predicted octanol–water partition coefficient (Wildman–Crippen LogP) is 2.77. The summed E-state index contributed by atoms with van der Waals surface area (Å²) in [6.07, 6.45) is 1.75. The van der Waals surface area contributed by atoms with Crippen molar-refractivity contribution < 1.29 is 24.7 Å². The maximum absolute atomic E-state index is 11.2. The SMILES string of the molecule is CC(C)CCC(C)(C)OOOC(=O)CCC(C)O. The molecule has 0 spiro atoms. The van der Waals surface area contributed by atoms with Crippen LogP contribution in [0.25, 0.3) is 0 Å².